The zero-order valence-corrected chi connectivity index (χ0v) is 17.9. The van der Waals surface area contributed by atoms with Crippen molar-refractivity contribution in [3.05, 3.63) is 93.8 Å². The zero-order valence-electron chi connectivity index (χ0n) is 16.3. The lowest BCUT2D eigenvalue weighted by molar-refractivity contribution is 0.103. The summed E-state index contributed by atoms with van der Waals surface area (Å²) < 4.78 is 26.4. The summed E-state index contributed by atoms with van der Waals surface area (Å²) in [5, 5.41) is 6.08. The average Bonchev–Trinajstić information content (AvgIpc) is 2.96. The van der Waals surface area contributed by atoms with E-state index < -0.39 is 10.0 Å². The van der Waals surface area contributed by atoms with Crippen LogP contribution in [0.15, 0.2) is 60.7 Å². The van der Waals surface area contributed by atoms with Crippen LogP contribution in [0.1, 0.15) is 39.8 Å². The summed E-state index contributed by atoms with van der Waals surface area (Å²) >= 11 is 5.92. The van der Waals surface area contributed by atoms with Gasteiger partial charge in [0.2, 0.25) is 15.8 Å². The predicted octanol–water partition coefficient (Wildman–Crippen LogP) is 4.39. The summed E-state index contributed by atoms with van der Waals surface area (Å²) in [4.78, 5) is 13.1. The zero-order chi connectivity index (χ0) is 21.3. The van der Waals surface area contributed by atoms with Crippen LogP contribution in [0.4, 0.5) is 0 Å². The van der Waals surface area contributed by atoms with Gasteiger partial charge in [-0.3, -0.25) is 4.79 Å². The molecular formula is C22H21ClN2O3S. The van der Waals surface area contributed by atoms with Gasteiger partial charge in [-0.05, 0) is 60.9 Å². The maximum atomic E-state index is 13.0. The van der Waals surface area contributed by atoms with Crippen molar-refractivity contribution in [1.82, 2.24) is 4.57 Å². The first kappa shape index (κ1) is 21.0. The molecule has 0 aliphatic heterocycles. The Bertz CT molecular complexity index is 1210. The number of carbonyl (C=O) groups excluding carboxylic acids is 1. The van der Waals surface area contributed by atoms with Crippen LogP contribution in [-0.4, -0.2) is 18.8 Å². The summed E-state index contributed by atoms with van der Waals surface area (Å²) in [6.45, 7) is 3.51. The number of hydrogen-bond acceptors (Lipinski definition) is 3. The van der Waals surface area contributed by atoms with Crippen molar-refractivity contribution in [3.63, 3.8) is 0 Å². The van der Waals surface area contributed by atoms with E-state index in [0.717, 1.165) is 5.56 Å². The van der Waals surface area contributed by atoms with Crippen molar-refractivity contribution in [3.8, 4) is 0 Å². The molecule has 0 aliphatic rings. The van der Waals surface area contributed by atoms with E-state index in [9.17, 15) is 13.2 Å². The van der Waals surface area contributed by atoms with Crippen molar-refractivity contribution in [1.29, 1.82) is 0 Å². The lowest BCUT2D eigenvalue weighted by Gasteiger charge is -2.13. The Morgan fingerprint density at radius 1 is 1.00 bits per heavy atom. The third-order valence-electron chi connectivity index (χ3n) is 4.79. The van der Waals surface area contributed by atoms with Crippen molar-refractivity contribution in [2.45, 2.75) is 13.8 Å². The number of sulfonamides is 1. The largest absolute Gasteiger partial charge is 0.341 e. The molecule has 7 heteroatoms. The van der Waals surface area contributed by atoms with E-state index in [4.69, 9.17) is 16.7 Å². The molecule has 3 aromatic rings. The molecule has 0 atom stereocenters. The van der Waals surface area contributed by atoms with Gasteiger partial charge in [-0.25, -0.2) is 13.6 Å². The Kier molecular flexibility index (Phi) is 5.80. The van der Waals surface area contributed by atoms with E-state index >= 15 is 0 Å². The molecule has 150 valence electrons. The van der Waals surface area contributed by atoms with Crippen LogP contribution in [0.2, 0.25) is 5.02 Å². The lowest BCUT2D eigenvalue weighted by Crippen LogP contribution is -2.16. The quantitative estimate of drug-likeness (QED) is 0.611. The van der Waals surface area contributed by atoms with E-state index in [-0.39, 0.29) is 10.7 Å². The molecule has 0 unspecified atom stereocenters. The molecule has 1 heterocycles. The first-order valence-electron chi connectivity index (χ1n) is 8.87. The first-order valence-corrected chi connectivity index (χ1v) is 10.8. The van der Waals surface area contributed by atoms with Gasteiger partial charge in [0.25, 0.3) is 0 Å². The SMILES string of the molecule is CC(=C(c1ccccc1)S(N)(=O)=O)c1cc(C)c(C(=O)c2ccc(Cl)cc2)n1C. The number of rotatable bonds is 5. The van der Waals surface area contributed by atoms with Crippen LogP contribution in [0.5, 0.6) is 0 Å². The van der Waals surface area contributed by atoms with Crippen LogP contribution in [0, 0.1) is 6.92 Å². The van der Waals surface area contributed by atoms with E-state index in [1.807, 2.05) is 6.92 Å². The number of halogens is 1. The van der Waals surface area contributed by atoms with Crippen LogP contribution in [0.3, 0.4) is 0 Å². The summed E-state index contributed by atoms with van der Waals surface area (Å²) in [5.41, 5.74) is 3.29. The van der Waals surface area contributed by atoms with Gasteiger partial charge in [-0.1, -0.05) is 41.9 Å². The third kappa shape index (κ3) is 4.19. The van der Waals surface area contributed by atoms with Crippen LogP contribution in [0.25, 0.3) is 10.5 Å². The standard InChI is InChI=1S/C22H21ClN2O3S/c1-14-13-19(15(2)22(29(24,27)28)17-7-5-4-6-8-17)25(3)20(14)21(26)16-9-11-18(23)12-10-16/h4-13H,1-3H3,(H2,24,27,28). The lowest BCUT2D eigenvalue weighted by atomic mass is 10.1. The fraction of sp³-hybridized carbons (Fsp3) is 0.136. The summed E-state index contributed by atoms with van der Waals surface area (Å²) in [5.74, 6) is -0.169. The van der Waals surface area contributed by atoms with Crippen molar-refractivity contribution in [2.24, 2.45) is 12.2 Å². The van der Waals surface area contributed by atoms with Crippen molar-refractivity contribution in [2.75, 3.05) is 0 Å². The number of nitrogens with two attached hydrogens (primary N) is 1. The number of benzene rings is 2. The molecule has 3 rings (SSSR count). The fourth-order valence-corrected chi connectivity index (χ4v) is 4.61. The Morgan fingerprint density at radius 3 is 2.14 bits per heavy atom. The van der Waals surface area contributed by atoms with Gasteiger partial charge in [0, 0.05) is 23.3 Å². The van der Waals surface area contributed by atoms with Gasteiger partial charge in [-0.15, -0.1) is 0 Å². The predicted molar refractivity (Wildman–Crippen MR) is 117 cm³/mol. The second-order valence-corrected chi connectivity index (χ2v) is 8.76. The van der Waals surface area contributed by atoms with Crippen molar-refractivity contribution < 1.29 is 13.2 Å². The second kappa shape index (κ2) is 7.99. The summed E-state index contributed by atoms with van der Waals surface area (Å²) in [6.07, 6.45) is 0. The topological polar surface area (TPSA) is 82.2 Å². The van der Waals surface area contributed by atoms with Crippen molar-refractivity contribution >= 4 is 37.9 Å². The molecule has 0 radical (unpaired) electrons. The molecule has 0 saturated carbocycles. The van der Waals surface area contributed by atoms with Gasteiger partial charge in [0.1, 0.15) is 0 Å². The molecule has 0 amide bonds. The molecule has 2 N–H and O–H groups in total. The van der Waals surface area contributed by atoms with E-state index in [2.05, 4.69) is 0 Å². The highest BCUT2D eigenvalue weighted by atomic mass is 35.5. The number of primary sulfonamides is 1. The Balaban J connectivity index is 2.19. The number of aromatic nitrogens is 1. The highest BCUT2D eigenvalue weighted by Gasteiger charge is 2.24. The average molecular weight is 429 g/mol. The Labute approximate surface area is 175 Å². The Morgan fingerprint density at radius 2 is 1.59 bits per heavy atom. The third-order valence-corrected chi connectivity index (χ3v) is 6.15. The highest BCUT2D eigenvalue weighted by Crippen LogP contribution is 2.31. The molecule has 0 saturated heterocycles. The number of ketones is 1. The smallest absolute Gasteiger partial charge is 0.238 e. The van der Waals surface area contributed by atoms with E-state index in [0.29, 0.717) is 33.1 Å². The highest BCUT2D eigenvalue weighted by molar-refractivity contribution is 7.98. The molecular weight excluding hydrogens is 408 g/mol. The van der Waals surface area contributed by atoms with E-state index in [1.165, 1.54) is 0 Å². The molecule has 0 aliphatic carbocycles. The molecule has 0 spiro atoms. The maximum absolute atomic E-state index is 13.0. The minimum atomic E-state index is -4.00. The molecule has 5 nitrogen and oxygen atoms in total. The van der Waals surface area contributed by atoms with Gasteiger partial charge in [0.15, 0.2) is 0 Å². The van der Waals surface area contributed by atoms with Gasteiger partial charge < -0.3 is 4.57 Å². The Hall–Kier alpha value is -2.67. The van der Waals surface area contributed by atoms with Gasteiger partial charge in [0.05, 0.1) is 10.6 Å². The minimum Gasteiger partial charge on any atom is -0.341 e. The number of carbonyl (C=O) groups is 1. The van der Waals surface area contributed by atoms with Gasteiger partial charge >= 0.3 is 0 Å². The number of nitrogens with zero attached hydrogens (tertiary/aromatic N) is 1. The van der Waals surface area contributed by atoms with Crippen LogP contribution < -0.4 is 5.14 Å². The van der Waals surface area contributed by atoms with Crippen LogP contribution in [-0.2, 0) is 17.1 Å². The maximum Gasteiger partial charge on any atom is 0.238 e. The second-order valence-electron chi connectivity index (χ2n) is 6.82. The first-order chi connectivity index (χ1) is 13.6. The number of allylic oxidation sites excluding steroid dienone is 1. The molecule has 29 heavy (non-hydrogen) atoms. The number of aryl methyl sites for hydroxylation is 1. The normalized spacial score (nSPS) is 12.6. The van der Waals surface area contributed by atoms with Gasteiger partial charge in [-0.2, -0.15) is 0 Å². The molecule has 1 aromatic heterocycles. The fourth-order valence-electron chi connectivity index (χ4n) is 3.48. The number of hydrogen-bond donors (Lipinski definition) is 1. The molecule has 0 fully saturated rings. The van der Waals surface area contributed by atoms with Crippen LogP contribution >= 0.6 is 11.6 Å². The summed E-state index contributed by atoms with van der Waals surface area (Å²) in [6, 6.07) is 17.1. The minimum absolute atomic E-state index is 0.0317. The summed E-state index contributed by atoms with van der Waals surface area (Å²) in [7, 11) is -2.26. The van der Waals surface area contributed by atoms with E-state index in [1.54, 1.807) is 79.2 Å². The molecule has 2 aromatic carbocycles. The molecule has 0 bridgehead atoms. The monoisotopic (exact) mass is 428 g/mol.